The van der Waals surface area contributed by atoms with Crippen LogP contribution in [0, 0.1) is 6.92 Å². The zero-order valence-corrected chi connectivity index (χ0v) is 15.6. The summed E-state index contributed by atoms with van der Waals surface area (Å²) in [5.74, 6) is 4.13. The third-order valence-corrected chi connectivity index (χ3v) is 4.33. The highest BCUT2D eigenvalue weighted by molar-refractivity contribution is 5.65. The summed E-state index contributed by atoms with van der Waals surface area (Å²) < 4.78 is 10.8. The first kappa shape index (κ1) is 17.1. The first-order chi connectivity index (χ1) is 13.1. The smallest absolute Gasteiger partial charge is 0.231 e. The normalized spacial score (nSPS) is 12.3. The first-order valence-electron chi connectivity index (χ1n) is 8.96. The highest BCUT2D eigenvalue weighted by Crippen LogP contribution is 2.35. The summed E-state index contributed by atoms with van der Waals surface area (Å²) in [6.45, 7) is 6.50. The second kappa shape index (κ2) is 7.15. The second-order valence-electron chi connectivity index (χ2n) is 6.78. The number of hydrogen-bond donors (Lipinski definition) is 2. The minimum absolute atomic E-state index is 0.259. The number of nitrogens with one attached hydrogen (secondary N) is 2. The molecule has 3 aromatic rings. The molecule has 0 fully saturated rings. The van der Waals surface area contributed by atoms with E-state index >= 15 is 0 Å². The van der Waals surface area contributed by atoms with E-state index in [0.717, 1.165) is 28.7 Å². The molecule has 0 saturated heterocycles. The van der Waals surface area contributed by atoms with E-state index in [-0.39, 0.29) is 6.79 Å². The molecule has 1 aliphatic rings. The lowest BCUT2D eigenvalue weighted by Gasteiger charge is -2.12. The molecule has 6 heteroatoms. The predicted octanol–water partition coefficient (Wildman–Crippen LogP) is 5.12. The second-order valence-corrected chi connectivity index (χ2v) is 6.78. The standard InChI is InChI=1S/C21H22N4O2/c1-13(2)15-4-6-16(7-5-15)24-20-11-21(23-14(3)22-20)25-17-8-9-18-19(10-17)27-12-26-18/h4-11,13H,12H2,1-3H3,(H2,22,23,24,25). The van der Waals surface area contributed by atoms with Crippen molar-refractivity contribution >= 4 is 23.0 Å². The van der Waals surface area contributed by atoms with Crippen molar-refractivity contribution in [2.45, 2.75) is 26.7 Å². The zero-order valence-electron chi connectivity index (χ0n) is 15.6. The van der Waals surface area contributed by atoms with Crippen LogP contribution in [0.4, 0.5) is 23.0 Å². The van der Waals surface area contributed by atoms with Gasteiger partial charge in [0.2, 0.25) is 6.79 Å². The van der Waals surface area contributed by atoms with Crippen molar-refractivity contribution in [2.24, 2.45) is 0 Å². The van der Waals surface area contributed by atoms with Crippen molar-refractivity contribution in [3.8, 4) is 11.5 Å². The summed E-state index contributed by atoms with van der Waals surface area (Å²) in [5.41, 5.74) is 3.18. The van der Waals surface area contributed by atoms with Gasteiger partial charge in [0, 0.05) is 23.5 Å². The van der Waals surface area contributed by atoms with Crippen LogP contribution in [0.25, 0.3) is 0 Å². The van der Waals surface area contributed by atoms with Gasteiger partial charge in [-0.25, -0.2) is 9.97 Å². The summed E-state index contributed by atoms with van der Waals surface area (Å²) in [4.78, 5) is 8.95. The molecule has 1 aromatic heterocycles. The van der Waals surface area contributed by atoms with Crippen LogP contribution in [0.5, 0.6) is 11.5 Å². The summed E-state index contributed by atoms with van der Waals surface area (Å²) in [6.07, 6.45) is 0. The molecule has 0 radical (unpaired) electrons. The number of benzene rings is 2. The van der Waals surface area contributed by atoms with Crippen molar-refractivity contribution in [3.63, 3.8) is 0 Å². The molecule has 0 saturated carbocycles. The Balaban J connectivity index is 1.52. The van der Waals surface area contributed by atoms with Crippen LogP contribution in [-0.2, 0) is 0 Å². The van der Waals surface area contributed by atoms with Crippen molar-refractivity contribution in [1.29, 1.82) is 0 Å². The number of ether oxygens (including phenoxy) is 2. The Hall–Kier alpha value is -3.28. The Morgan fingerprint density at radius 3 is 2.15 bits per heavy atom. The molecule has 138 valence electrons. The number of nitrogens with zero attached hydrogens (tertiary/aromatic N) is 2. The number of hydrogen-bond acceptors (Lipinski definition) is 6. The molecule has 2 aromatic carbocycles. The molecule has 0 atom stereocenters. The van der Waals surface area contributed by atoms with Gasteiger partial charge in [-0.15, -0.1) is 0 Å². The fraction of sp³-hybridized carbons (Fsp3) is 0.238. The average Bonchev–Trinajstić information content (AvgIpc) is 3.09. The van der Waals surface area contributed by atoms with Gasteiger partial charge >= 0.3 is 0 Å². The van der Waals surface area contributed by atoms with E-state index in [2.05, 4.69) is 58.7 Å². The van der Waals surface area contributed by atoms with Crippen molar-refractivity contribution in [3.05, 3.63) is 59.9 Å². The number of anilines is 4. The van der Waals surface area contributed by atoms with E-state index in [9.17, 15) is 0 Å². The maximum Gasteiger partial charge on any atom is 0.231 e. The first-order valence-corrected chi connectivity index (χ1v) is 8.96. The van der Waals surface area contributed by atoms with Crippen LogP contribution < -0.4 is 20.1 Å². The number of aromatic nitrogens is 2. The minimum atomic E-state index is 0.259. The molecular weight excluding hydrogens is 340 g/mol. The highest BCUT2D eigenvalue weighted by Gasteiger charge is 2.13. The van der Waals surface area contributed by atoms with Crippen LogP contribution in [0.15, 0.2) is 48.5 Å². The molecule has 2 heterocycles. The van der Waals surface area contributed by atoms with E-state index in [4.69, 9.17) is 9.47 Å². The number of fused-ring (bicyclic) bond motifs is 1. The fourth-order valence-electron chi connectivity index (χ4n) is 2.92. The van der Waals surface area contributed by atoms with Crippen molar-refractivity contribution < 1.29 is 9.47 Å². The summed E-state index contributed by atoms with van der Waals surface area (Å²) in [7, 11) is 0. The van der Waals surface area contributed by atoms with Gasteiger partial charge in [-0.3, -0.25) is 0 Å². The molecule has 0 spiro atoms. The lowest BCUT2D eigenvalue weighted by atomic mass is 10.0. The summed E-state index contributed by atoms with van der Waals surface area (Å²) in [5, 5.41) is 6.64. The lowest BCUT2D eigenvalue weighted by Crippen LogP contribution is -2.01. The largest absolute Gasteiger partial charge is 0.454 e. The van der Waals surface area contributed by atoms with Crippen LogP contribution in [0.1, 0.15) is 31.2 Å². The SMILES string of the molecule is Cc1nc(Nc2ccc(C(C)C)cc2)cc(Nc2ccc3c(c2)OCO3)n1. The van der Waals surface area contributed by atoms with Gasteiger partial charge in [-0.05, 0) is 42.7 Å². The number of rotatable bonds is 5. The zero-order chi connectivity index (χ0) is 18.8. The van der Waals surface area contributed by atoms with E-state index in [1.54, 1.807) is 0 Å². The fourth-order valence-corrected chi connectivity index (χ4v) is 2.92. The molecule has 0 aliphatic carbocycles. The minimum Gasteiger partial charge on any atom is -0.454 e. The quantitative estimate of drug-likeness (QED) is 0.656. The number of aryl methyl sites for hydroxylation is 1. The van der Waals surface area contributed by atoms with Crippen LogP contribution in [-0.4, -0.2) is 16.8 Å². The molecule has 1 aliphatic heterocycles. The molecule has 2 N–H and O–H groups in total. The molecule has 27 heavy (non-hydrogen) atoms. The average molecular weight is 362 g/mol. The topological polar surface area (TPSA) is 68.3 Å². The Labute approximate surface area is 158 Å². The molecular formula is C21H22N4O2. The molecule has 0 amide bonds. The summed E-state index contributed by atoms with van der Waals surface area (Å²) in [6, 6.07) is 16.0. The van der Waals surface area contributed by atoms with Crippen LogP contribution in [0.3, 0.4) is 0 Å². The van der Waals surface area contributed by atoms with Crippen molar-refractivity contribution in [2.75, 3.05) is 17.4 Å². The molecule has 0 bridgehead atoms. The van der Waals surface area contributed by atoms with E-state index < -0.39 is 0 Å². The van der Waals surface area contributed by atoms with E-state index in [1.165, 1.54) is 5.56 Å². The molecule has 0 unspecified atom stereocenters. The van der Waals surface area contributed by atoms with Gasteiger partial charge in [0.05, 0.1) is 0 Å². The van der Waals surface area contributed by atoms with Gasteiger partial charge in [-0.1, -0.05) is 26.0 Å². The summed E-state index contributed by atoms with van der Waals surface area (Å²) >= 11 is 0. The van der Waals surface area contributed by atoms with Crippen LogP contribution in [0.2, 0.25) is 0 Å². The van der Waals surface area contributed by atoms with Gasteiger partial charge < -0.3 is 20.1 Å². The Morgan fingerprint density at radius 1 is 0.815 bits per heavy atom. The monoisotopic (exact) mass is 362 g/mol. The highest BCUT2D eigenvalue weighted by atomic mass is 16.7. The van der Waals surface area contributed by atoms with Gasteiger partial charge in [0.15, 0.2) is 11.5 Å². The molecule has 4 rings (SSSR count). The third kappa shape index (κ3) is 3.95. The van der Waals surface area contributed by atoms with Gasteiger partial charge in [0.1, 0.15) is 17.5 Å². The third-order valence-electron chi connectivity index (χ3n) is 4.33. The maximum absolute atomic E-state index is 5.42. The Bertz CT molecular complexity index is 955. The van der Waals surface area contributed by atoms with Gasteiger partial charge in [-0.2, -0.15) is 0 Å². The van der Waals surface area contributed by atoms with E-state index in [0.29, 0.717) is 17.6 Å². The lowest BCUT2D eigenvalue weighted by molar-refractivity contribution is 0.174. The van der Waals surface area contributed by atoms with E-state index in [1.807, 2.05) is 31.2 Å². The van der Waals surface area contributed by atoms with Crippen LogP contribution >= 0.6 is 0 Å². The Morgan fingerprint density at radius 2 is 1.44 bits per heavy atom. The van der Waals surface area contributed by atoms with Gasteiger partial charge in [0.25, 0.3) is 0 Å². The Kier molecular flexibility index (Phi) is 4.54. The molecule has 6 nitrogen and oxygen atoms in total. The maximum atomic E-state index is 5.42. The van der Waals surface area contributed by atoms with Crippen molar-refractivity contribution in [1.82, 2.24) is 9.97 Å². The predicted molar refractivity (Wildman–Crippen MR) is 106 cm³/mol.